The number of carbonyl (C=O) groups is 1. The molecule has 0 unspecified atom stereocenters. The molecule has 0 atom stereocenters. The summed E-state index contributed by atoms with van der Waals surface area (Å²) in [4.78, 5) is 16.4. The van der Waals surface area contributed by atoms with Gasteiger partial charge in [0.05, 0.1) is 18.9 Å². The van der Waals surface area contributed by atoms with Crippen molar-refractivity contribution >= 4 is 17.7 Å². The fraction of sp³-hybridized carbons (Fsp3) is 0.524. The lowest BCUT2D eigenvalue weighted by Gasteiger charge is -2.26. The first-order valence-electron chi connectivity index (χ1n) is 10.1. The van der Waals surface area contributed by atoms with Crippen LogP contribution in [0.5, 0.6) is 0 Å². The topological polar surface area (TPSA) is 56.6 Å². The van der Waals surface area contributed by atoms with Crippen molar-refractivity contribution in [2.24, 2.45) is 5.92 Å². The SMILES string of the molecule is O=C(c1nn(CC2CCOCC2)c2c1CSc1ccccc1-2)N1CCOCC1. The van der Waals surface area contributed by atoms with Crippen molar-refractivity contribution in [3.05, 3.63) is 35.5 Å². The first kappa shape index (κ1) is 18.2. The number of fused-ring (bicyclic) bond motifs is 3. The number of nitrogens with zero attached hydrogens (tertiary/aromatic N) is 3. The molecular formula is C21H25N3O3S. The predicted molar refractivity (Wildman–Crippen MR) is 107 cm³/mol. The van der Waals surface area contributed by atoms with Crippen molar-refractivity contribution in [3.63, 3.8) is 0 Å². The van der Waals surface area contributed by atoms with Crippen LogP contribution in [0, 0.1) is 5.92 Å². The van der Waals surface area contributed by atoms with Gasteiger partial charge >= 0.3 is 0 Å². The lowest BCUT2D eigenvalue weighted by molar-refractivity contribution is 0.0297. The fourth-order valence-electron chi connectivity index (χ4n) is 4.27. The Labute approximate surface area is 169 Å². The van der Waals surface area contributed by atoms with Gasteiger partial charge < -0.3 is 14.4 Å². The smallest absolute Gasteiger partial charge is 0.274 e. The molecule has 1 aromatic carbocycles. The van der Waals surface area contributed by atoms with Crippen LogP contribution in [0.1, 0.15) is 28.9 Å². The van der Waals surface area contributed by atoms with Crippen molar-refractivity contribution in [2.45, 2.75) is 30.0 Å². The molecule has 148 valence electrons. The summed E-state index contributed by atoms with van der Waals surface area (Å²) in [7, 11) is 0. The van der Waals surface area contributed by atoms with E-state index in [-0.39, 0.29) is 5.91 Å². The van der Waals surface area contributed by atoms with E-state index in [1.165, 1.54) is 10.5 Å². The summed E-state index contributed by atoms with van der Waals surface area (Å²) in [5.74, 6) is 1.39. The van der Waals surface area contributed by atoms with Gasteiger partial charge in [0.1, 0.15) is 0 Å². The molecule has 0 saturated carbocycles. The first-order valence-corrected chi connectivity index (χ1v) is 11.1. The zero-order valence-electron chi connectivity index (χ0n) is 15.9. The van der Waals surface area contributed by atoms with Crippen molar-refractivity contribution in [1.82, 2.24) is 14.7 Å². The summed E-state index contributed by atoms with van der Waals surface area (Å²) in [5, 5.41) is 4.89. The summed E-state index contributed by atoms with van der Waals surface area (Å²) >= 11 is 1.80. The van der Waals surface area contributed by atoms with Crippen LogP contribution in [0.2, 0.25) is 0 Å². The van der Waals surface area contributed by atoms with Gasteiger partial charge in [0.15, 0.2) is 5.69 Å². The van der Waals surface area contributed by atoms with Crippen LogP contribution in [0.15, 0.2) is 29.2 Å². The minimum absolute atomic E-state index is 0.0465. The second-order valence-electron chi connectivity index (χ2n) is 7.60. The van der Waals surface area contributed by atoms with Crippen molar-refractivity contribution in [3.8, 4) is 11.3 Å². The average molecular weight is 400 g/mol. The van der Waals surface area contributed by atoms with Gasteiger partial charge in [-0.25, -0.2) is 0 Å². The Morgan fingerprint density at radius 2 is 1.86 bits per heavy atom. The molecule has 7 heteroatoms. The highest BCUT2D eigenvalue weighted by atomic mass is 32.2. The van der Waals surface area contributed by atoms with Crippen LogP contribution >= 0.6 is 11.8 Å². The molecule has 0 spiro atoms. The lowest BCUT2D eigenvalue weighted by atomic mass is 9.99. The average Bonchev–Trinajstić information content (AvgIpc) is 3.13. The van der Waals surface area contributed by atoms with Crippen molar-refractivity contribution in [2.75, 3.05) is 39.5 Å². The number of ether oxygens (including phenoxy) is 2. The molecule has 1 aromatic heterocycles. The molecule has 2 saturated heterocycles. The molecule has 6 nitrogen and oxygen atoms in total. The maximum atomic E-state index is 13.3. The number of morpholine rings is 1. The van der Waals surface area contributed by atoms with E-state index in [0.29, 0.717) is 37.9 Å². The normalized spacial score (nSPS) is 19.9. The Hall–Kier alpha value is -1.83. The summed E-state index contributed by atoms with van der Waals surface area (Å²) in [6, 6.07) is 8.48. The third-order valence-electron chi connectivity index (χ3n) is 5.84. The maximum Gasteiger partial charge on any atom is 0.274 e. The summed E-state index contributed by atoms with van der Waals surface area (Å²) in [6.07, 6.45) is 2.11. The number of carbonyl (C=O) groups excluding carboxylic acids is 1. The second kappa shape index (κ2) is 7.89. The number of hydrogen-bond acceptors (Lipinski definition) is 5. The molecule has 28 heavy (non-hydrogen) atoms. The molecule has 3 aliphatic heterocycles. The molecule has 0 aliphatic carbocycles. The summed E-state index contributed by atoms with van der Waals surface area (Å²) in [6.45, 7) is 4.98. The minimum atomic E-state index is 0.0465. The van der Waals surface area contributed by atoms with Crippen LogP contribution in [-0.2, 0) is 21.8 Å². The molecule has 0 bridgehead atoms. The lowest BCUT2D eigenvalue weighted by Crippen LogP contribution is -2.41. The standard InChI is InChI=1S/C21H25N3O3S/c25-21(23-7-11-27-12-8-23)19-17-14-28-18-4-2-1-3-16(18)20(17)24(22-19)13-15-5-9-26-10-6-15/h1-4,15H,5-14H2. The van der Waals surface area contributed by atoms with Gasteiger partial charge in [-0.05, 0) is 24.8 Å². The van der Waals surface area contributed by atoms with Gasteiger partial charge in [0.2, 0.25) is 0 Å². The van der Waals surface area contributed by atoms with E-state index in [1.807, 2.05) is 4.90 Å². The van der Waals surface area contributed by atoms with Gasteiger partial charge in [0.25, 0.3) is 5.91 Å². The highest BCUT2D eigenvalue weighted by molar-refractivity contribution is 7.98. The zero-order valence-corrected chi connectivity index (χ0v) is 16.7. The summed E-state index contributed by atoms with van der Waals surface area (Å²) < 4.78 is 13.0. The van der Waals surface area contributed by atoms with Crippen LogP contribution in [0.4, 0.5) is 0 Å². The van der Waals surface area contributed by atoms with E-state index in [0.717, 1.165) is 49.6 Å². The number of thioether (sulfide) groups is 1. The number of amides is 1. The van der Waals surface area contributed by atoms with E-state index in [2.05, 4.69) is 28.9 Å². The Morgan fingerprint density at radius 3 is 2.68 bits per heavy atom. The molecule has 0 radical (unpaired) electrons. The van der Waals surface area contributed by atoms with Crippen LogP contribution in [0.25, 0.3) is 11.3 Å². The van der Waals surface area contributed by atoms with Crippen LogP contribution < -0.4 is 0 Å². The molecular weight excluding hydrogens is 374 g/mol. The predicted octanol–water partition coefficient (Wildman–Crippen LogP) is 3.05. The van der Waals surface area contributed by atoms with E-state index >= 15 is 0 Å². The monoisotopic (exact) mass is 399 g/mol. The first-order chi connectivity index (χ1) is 13.8. The van der Waals surface area contributed by atoms with Crippen molar-refractivity contribution < 1.29 is 14.3 Å². The molecule has 5 rings (SSSR count). The maximum absolute atomic E-state index is 13.3. The number of hydrogen-bond donors (Lipinski definition) is 0. The molecule has 2 fully saturated rings. The highest BCUT2D eigenvalue weighted by Crippen LogP contribution is 2.43. The largest absolute Gasteiger partial charge is 0.381 e. The zero-order chi connectivity index (χ0) is 18.9. The fourth-order valence-corrected chi connectivity index (χ4v) is 5.34. The molecule has 2 aromatic rings. The van der Waals surface area contributed by atoms with Gasteiger partial charge in [0, 0.05) is 54.6 Å². The third-order valence-corrected chi connectivity index (χ3v) is 6.94. The Balaban J connectivity index is 1.54. The Bertz CT molecular complexity index is 870. The second-order valence-corrected chi connectivity index (χ2v) is 8.62. The number of aromatic nitrogens is 2. The summed E-state index contributed by atoms with van der Waals surface area (Å²) in [5.41, 5.74) is 4.06. The highest BCUT2D eigenvalue weighted by Gasteiger charge is 2.32. The van der Waals surface area contributed by atoms with E-state index in [1.54, 1.807) is 11.8 Å². The molecule has 3 aliphatic rings. The Kier molecular flexibility index (Phi) is 5.13. The quantitative estimate of drug-likeness (QED) is 0.794. The van der Waals surface area contributed by atoms with Gasteiger partial charge in [-0.2, -0.15) is 5.10 Å². The molecule has 0 N–H and O–H groups in total. The van der Waals surface area contributed by atoms with Gasteiger partial charge in [-0.1, -0.05) is 18.2 Å². The minimum Gasteiger partial charge on any atom is -0.381 e. The van der Waals surface area contributed by atoms with Gasteiger partial charge in [-0.3, -0.25) is 9.48 Å². The van der Waals surface area contributed by atoms with E-state index in [4.69, 9.17) is 14.6 Å². The number of benzene rings is 1. The van der Waals surface area contributed by atoms with E-state index in [9.17, 15) is 4.79 Å². The Morgan fingerprint density at radius 1 is 1.11 bits per heavy atom. The third kappa shape index (κ3) is 3.36. The van der Waals surface area contributed by atoms with Crippen LogP contribution in [0.3, 0.4) is 0 Å². The molecule has 1 amide bonds. The van der Waals surface area contributed by atoms with E-state index < -0.39 is 0 Å². The number of rotatable bonds is 3. The van der Waals surface area contributed by atoms with Gasteiger partial charge in [-0.15, -0.1) is 11.8 Å². The molecule has 4 heterocycles. The van der Waals surface area contributed by atoms with Crippen molar-refractivity contribution in [1.29, 1.82) is 0 Å². The van der Waals surface area contributed by atoms with Crippen LogP contribution in [-0.4, -0.2) is 60.1 Å².